The van der Waals surface area contributed by atoms with E-state index in [4.69, 9.17) is 4.74 Å². The van der Waals surface area contributed by atoms with Crippen LogP contribution in [0, 0.1) is 6.92 Å². The van der Waals surface area contributed by atoms with Crippen LogP contribution in [-0.2, 0) is 34.2 Å². The van der Waals surface area contributed by atoms with Gasteiger partial charge < -0.3 is 15.2 Å². The fourth-order valence-corrected chi connectivity index (χ4v) is 3.13. The van der Waals surface area contributed by atoms with E-state index in [1.807, 2.05) is 31.2 Å². The topological polar surface area (TPSA) is 93.5 Å². The van der Waals surface area contributed by atoms with Gasteiger partial charge in [0.15, 0.2) is 6.10 Å². The molecule has 1 aliphatic heterocycles. The SMILES string of the molecule is Cc1nn(C)cc1CC(NC(=O)C1OCCc2ccccc21)C(=O)O. The highest BCUT2D eigenvalue weighted by Gasteiger charge is 2.31. The van der Waals surface area contributed by atoms with Gasteiger partial charge in [0.2, 0.25) is 0 Å². The van der Waals surface area contributed by atoms with Crippen LogP contribution in [0.4, 0.5) is 0 Å². The van der Waals surface area contributed by atoms with E-state index in [-0.39, 0.29) is 6.42 Å². The maximum atomic E-state index is 12.6. The zero-order valence-corrected chi connectivity index (χ0v) is 14.2. The number of nitrogens with zero attached hydrogens (tertiary/aromatic N) is 2. The van der Waals surface area contributed by atoms with Crippen molar-refractivity contribution in [3.05, 3.63) is 52.8 Å². The van der Waals surface area contributed by atoms with Crippen molar-refractivity contribution in [2.45, 2.75) is 31.9 Å². The number of nitrogens with one attached hydrogen (secondary N) is 1. The van der Waals surface area contributed by atoms with E-state index in [0.29, 0.717) is 6.61 Å². The average molecular weight is 343 g/mol. The number of carboxylic acid groups (broad SMARTS) is 1. The highest BCUT2D eigenvalue weighted by atomic mass is 16.5. The first-order valence-corrected chi connectivity index (χ1v) is 8.17. The lowest BCUT2D eigenvalue weighted by atomic mass is 9.96. The van der Waals surface area contributed by atoms with Crippen LogP contribution in [0.15, 0.2) is 30.5 Å². The number of carbonyl (C=O) groups is 2. The summed E-state index contributed by atoms with van der Waals surface area (Å²) >= 11 is 0. The van der Waals surface area contributed by atoms with E-state index >= 15 is 0 Å². The smallest absolute Gasteiger partial charge is 0.326 e. The number of carboxylic acids is 1. The number of hydrogen-bond acceptors (Lipinski definition) is 4. The number of aromatic nitrogens is 2. The van der Waals surface area contributed by atoms with Gasteiger partial charge in [-0.2, -0.15) is 5.10 Å². The predicted molar refractivity (Wildman–Crippen MR) is 90.1 cm³/mol. The largest absolute Gasteiger partial charge is 0.480 e. The quantitative estimate of drug-likeness (QED) is 0.850. The molecule has 7 nitrogen and oxygen atoms in total. The van der Waals surface area contributed by atoms with E-state index in [9.17, 15) is 14.7 Å². The molecule has 1 aliphatic rings. The number of aliphatic carboxylic acids is 1. The Labute approximate surface area is 145 Å². The second-order valence-corrected chi connectivity index (χ2v) is 6.22. The molecule has 2 atom stereocenters. The molecule has 2 N–H and O–H groups in total. The van der Waals surface area contributed by atoms with Gasteiger partial charge in [-0.3, -0.25) is 9.48 Å². The monoisotopic (exact) mass is 343 g/mol. The van der Waals surface area contributed by atoms with Crippen molar-refractivity contribution in [1.82, 2.24) is 15.1 Å². The van der Waals surface area contributed by atoms with Crippen LogP contribution in [0.3, 0.4) is 0 Å². The maximum absolute atomic E-state index is 12.6. The normalized spacial score (nSPS) is 17.6. The summed E-state index contributed by atoms with van der Waals surface area (Å²) in [6.45, 7) is 2.26. The Hall–Kier alpha value is -2.67. The summed E-state index contributed by atoms with van der Waals surface area (Å²) in [6, 6.07) is 6.55. The van der Waals surface area contributed by atoms with E-state index in [2.05, 4.69) is 10.4 Å². The molecule has 3 rings (SSSR count). The van der Waals surface area contributed by atoms with Crippen LogP contribution in [0.2, 0.25) is 0 Å². The van der Waals surface area contributed by atoms with Crippen LogP contribution < -0.4 is 5.32 Å². The lowest BCUT2D eigenvalue weighted by molar-refractivity contribution is -0.144. The molecule has 1 aromatic carbocycles. The molecule has 2 unspecified atom stereocenters. The zero-order chi connectivity index (χ0) is 18.0. The van der Waals surface area contributed by atoms with Crippen LogP contribution in [0.1, 0.15) is 28.5 Å². The molecule has 0 fully saturated rings. The minimum atomic E-state index is -1.08. The molecule has 0 saturated heterocycles. The van der Waals surface area contributed by atoms with Gasteiger partial charge in [-0.1, -0.05) is 24.3 Å². The van der Waals surface area contributed by atoms with Crippen molar-refractivity contribution >= 4 is 11.9 Å². The standard InChI is InChI=1S/C18H21N3O4/c1-11-13(10-21(2)20-11)9-15(18(23)24)19-17(22)16-14-6-4-3-5-12(14)7-8-25-16/h3-6,10,15-16H,7-9H2,1-2H3,(H,19,22)(H,23,24). The van der Waals surface area contributed by atoms with Crippen LogP contribution in [0.5, 0.6) is 0 Å². The Morgan fingerprint density at radius 3 is 2.88 bits per heavy atom. The molecular weight excluding hydrogens is 322 g/mol. The van der Waals surface area contributed by atoms with Gasteiger partial charge in [0.05, 0.1) is 12.3 Å². The van der Waals surface area contributed by atoms with Gasteiger partial charge in [0.1, 0.15) is 6.04 Å². The Bertz CT molecular complexity index is 799. The number of carbonyl (C=O) groups excluding carboxylic acids is 1. The van der Waals surface area contributed by atoms with Crippen molar-refractivity contribution in [2.75, 3.05) is 6.61 Å². The summed E-state index contributed by atoms with van der Waals surface area (Å²) in [6.07, 6.45) is 1.91. The molecule has 7 heteroatoms. The Morgan fingerprint density at radius 1 is 1.44 bits per heavy atom. The van der Waals surface area contributed by atoms with Gasteiger partial charge >= 0.3 is 5.97 Å². The molecule has 25 heavy (non-hydrogen) atoms. The number of fused-ring (bicyclic) bond motifs is 1. The van der Waals surface area contributed by atoms with E-state index < -0.39 is 24.0 Å². The van der Waals surface area contributed by atoms with Crippen LogP contribution >= 0.6 is 0 Å². The van der Waals surface area contributed by atoms with E-state index in [1.54, 1.807) is 17.9 Å². The molecule has 0 spiro atoms. The molecule has 0 radical (unpaired) electrons. The number of hydrogen-bond donors (Lipinski definition) is 2. The average Bonchev–Trinajstić information content (AvgIpc) is 2.90. The lowest BCUT2D eigenvalue weighted by Crippen LogP contribution is -2.45. The van der Waals surface area contributed by atoms with Crippen molar-refractivity contribution in [3.8, 4) is 0 Å². The Kier molecular flexibility index (Phi) is 4.85. The first kappa shape index (κ1) is 17.2. The molecule has 0 saturated carbocycles. The number of ether oxygens (including phenoxy) is 1. The maximum Gasteiger partial charge on any atom is 0.326 e. The Balaban J connectivity index is 1.76. The van der Waals surface area contributed by atoms with Crippen molar-refractivity contribution in [1.29, 1.82) is 0 Å². The number of benzene rings is 1. The van der Waals surface area contributed by atoms with Crippen molar-refractivity contribution in [3.63, 3.8) is 0 Å². The third-order valence-electron chi connectivity index (χ3n) is 4.39. The second-order valence-electron chi connectivity index (χ2n) is 6.22. The second kappa shape index (κ2) is 7.06. The third-order valence-corrected chi connectivity index (χ3v) is 4.39. The first-order chi connectivity index (χ1) is 12.0. The minimum Gasteiger partial charge on any atom is -0.480 e. The van der Waals surface area contributed by atoms with E-state index in [1.165, 1.54) is 0 Å². The summed E-state index contributed by atoms with van der Waals surface area (Å²) in [5, 5.41) is 16.3. The molecule has 0 bridgehead atoms. The molecule has 132 valence electrons. The summed E-state index contributed by atoms with van der Waals surface area (Å²) < 4.78 is 7.23. The Morgan fingerprint density at radius 2 is 2.20 bits per heavy atom. The molecule has 1 amide bonds. The van der Waals surface area contributed by atoms with Crippen molar-refractivity contribution in [2.24, 2.45) is 7.05 Å². The highest BCUT2D eigenvalue weighted by Crippen LogP contribution is 2.27. The summed E-state index contributed by atoms with van der Waals surface area (Å²) in [4.78, 5) is 24.2. The molecular formula is C18H21N3O4. The van der Waals surface area contributed by atoms with Crippen LogP contribution in [0.25, 0.3) is 0 Å². The van der Waals surface area contributed by atoms with Gasteiger partial charge in [-0.05, 0) is 30.0 Å². The van der Waals surface area contributed by atoms with E-state index in [0.717, 1.165) is 28.8 Å². The zero-order valence-electron chi connectivity index (χ0n) is 14.2. The fraction of sp³-hybridized carbons (Fsp3) is 0.389. The minimum absolute atomic E-state index is 0.176. The predicted octanol–water partition coefficient (Wildman–Crippen LogP) is 1.15. The summed E-state index contributed by atoms with van der Waals surface area (Å²) in [5.41, 5.74) is 3.40. The number of amides is 1. The number of rotatable bonds is 5. The molecule has 1 aromatic heterocycles. The van der Waals surface area contributed by atoms with Gasteiger partial charge in [-0.25, -0.2) is 4.79 Å². The van der Waals surface area contributed by atoms with Gasteiger partial charge in [0, 0.05) is 19.7 Å². The number of aryl methyl sites for hydroxylation is 2. The lowest BCUT2D eigenvalue weighted by Gasteiger charge is -2.26. The summed E-state index contributed by atoms with van der Waals surface area (Å²) in [7, 11) is 1.78. The highest BCUT2D eigenvalue weighted by molar-refractivity contribution is 5.87. The first-order valence-electron chi connectivity index (χ1n) is 8.17. The van der Waals surface area contributed by atoms with Gasteiger partial charge in [0.25, 0.3) is 5.91 Å². The summed E-state index contributed by atoms with van der Waals surface area (Å²) in [5.74, 6) is -1.51. The van der Waals surface area contributed by atoms with Crippen molar-refractivity contribution < 1.29 is 19.4 Å². The van der Waals surface area contributed by atoms with Gasteiger partial charge in [-0.15, -0.1) is 0 Å². The fourth-order valence-electron chi connectivity index (χ4n) is 3.13. The third kappa shape index (κ3) is 3.71. The molecule has 0 aliphatic carbocycles. The van der Waals surface area contributed by atoms with Crippen LogP contribution in [-0.4, -0.2) is 39.4 Å². The molecule has 2 aromatic rings. The molecule has 2 heterocycles.